The molecule has 1 nitrogen and oxygen atoms in total. The van der Waals surface area contributed by atoms with E-state index in [1.807, 2.05) is 0 Å². The quantitative estimate of drug-likeness (QED) is 0.765. The van der Waals surface area contributed by atoms with Crippen LogP contribution in [0.4, 0.5) is 8.78 Å². The highest BCUT2D eigenvalue weighted by atomic mass is 79.9. The van der Waals surface area contributed by atoms with Gasteiger partial charge >= 0.3 is 0 Å². The first-order valence-corrected chi connectivity index (χ1v) is 4.06. The fourth-order valence-corrected chi connectivity index (χ4v) is 1.25. The molecule has 0 aliphatic carbocycles. The first kappa shape index (κ1) is 9.45. The lowest BCUT2D eigenvalue weighted by Crippen LogP contribution is -1.91. The minimum atomic E-state index is -2.50. The van der Waals surface area contributed by atoms with Crippen LogP contribution in [-0.2, 0) is 0 Å². The van der Waals surface area contributed by atoms with Gasteiger partial charge in [0.2, 0.25) is 0 Å². The molecule has 0 aliphatic rings. The second kappa shape index (κ2) is 3.85. The Kier molecular flexibility index (Phi) is 3.03. The van der Waals surface area contributed by atoms with Crippen LogP contribution in [-0.4, -0.2) is 7.11 Å². The minimum absolute atomic E-state index is 0.0909. The second-order valence-corrected chi connectivity index (χ2v) is 3.10. The molecule has 12 heavy (non-hydrogen) atoms. The topological polar surface area (TPSA) is 9.23 Å². The van der Waals surface area contributed by atoms with Crippen molar-refractivity contribution in [2.24, 2.45) is 0 Å². The van der Waals surface area contributed by atoms with E-state index in [2.05, 4.69) is 15.9 Å². The van der Waals surface area contributed by atoms with Crippen molar-refractivity contribution in [3.63, 3.8) is 0 Å². The van der Waals surface area contributed by atoms with E-state index >= 15 is 0 Å². The summed E-state index contributed by atoms with van der Waals surface area (Å²) in [6, 6.07) is 4.51. The van der Waals surface area contributed by atoms with Gasteiger partial charge in [0.1, 0.15) is 5.75 Å². The molecule has 1 rings (SSSR count). The zero-order valence-corrected chi connectivity index (χ0v) is 7.94. The van der Waals surface area contributed by atoms with E-state index in [-0.39, 0.29) is 11.3 Å². The van der Waals surface area contributed by atoms with Gasteiger partial charge in [0.05, 0.1) is 12.7 Å². The van der Waals surface area contributed by atoms with Crippen LogP contribution in [0.5, 0.6) is 5.75 Å². The third kappa shape index (κ3) is 1.94. The van der Waals surface area contributed by atoms with Gasteiger partial charge in [-0.15, -0.1) is 0 Å². The highest BCUT2D eigenvalue weighted by molar-refractivity contribution is 9.10. The minimum Gasteiger partial charge on any atom is -0.496 e. The number of hydrogen-bond acceptors (Lipinski definition) is 1. The molecule has 0 radical (unpaired) electrons. The standard InChI is InChI=1S/C8H7BrF2O/c1-12-7-3-2-5(9)4-6(7)8(10)11/h2-4,8H,1H3. The van der Waals surface area contributed by atoms with Crippen molar-refractivity contribution in [3.8, 4) is 5.75 Å². The van der Waals surface area contributed by atoms with Gasteiger partial charge in [-0.3, -0.25) is 0 Å². The van der Waals surface area contributed by atoms with E-state index in [9.17, 15) is 8.78 Å². The summed E-state index contributed by atoms with van der Waals surface area (Å²) in [5.41, 5.74) is -0.0909. The molecule has 1 aromatic carbocycles. The van der Waals surface area contributed by atoms with E-state index in [0.717, 1.165) is 0 Å². The van der Waals surface area contributed by atoms with Crippen molar-refractivity contribution in [1.82, 2.24) is 0 Å². The molecule has 0 N–H and O–H groups in total. The summed E-state index contributed by atoms with van der Waals surface area (Å²) in [4.78, 5) is 0. The van der Waals surface area contributed by atoms with Gasteiger partial charge in [-0.25, -0.2) is 8.78 Å². The van der Waals surface area contributed by atoms with Crippen LogP contribution >= 0.6 is 15.9 Å². The van der Waals surface area contributed by atoms with Crippen LogP contribution < -0.4 is 4.74 Å². The summed E-state index contributed by atoms with van der Waals surface area (Å²) >= 11 is 3.10. The Hall–Kier alpha value is -0.640. The molecule has 0 unspecified atom stereocenters. The Bertz CT molecular complexity index is 276. The maximum atomic E-state index is 12.3. The lowest BCUT2D eigenvalue weighted by Gasteiger charge is -2.07. The highest BCUT2D eigenvalue weighted by Gasteiger charge is 2.13. The third-order valence-corrected chi connectivity index (χ3v) is 1.92. The first-order chi connectivity index (χ1) is 5.65. The summed E-state index contributed by atoms with van der Waals surface area (Å²) in [7, 11) is 1.37. The maximum Gasteiger partial charge on any atom is 0.267 e. The third-order valence-electron chi connectivity index (χ3n) is 1.43. The van der Waals surface area contributed by atoms with Gasteiger partial charge in [0, 0.05) is 4.47 Å². The lowest BCUT2D eigenvalue weighted by atomic mass is 10.2. The number of rotatable bonds is 2. The van der Waals surface area contributed by atoms with Gasteiger partial charge in [0.25, 0.3) is 6.43 Å². The molecule has 1 aromatic rings. The number of ether oxygens (including phenoxy) is 1. The molecule has 0 saturated heterocycles. The van der Waals surface area contributed by atoms with Crippen molar-refractivity contribution in [1.29, 1.82) is 0 Å². The normalized spacial score (nSPS) is 10.4. The molecule has 0 amide bonds. The Labute approximate surface area is 77.5 Å². The number of methoxy groups -OCH3 is 1. The van der Waals surface area contributed by atoms with Crippen molar-refractivity contribution >= 4 is 15.9 Å². The van der Waals surface area contributed by atoms with Gasteiger partial charge < -0.3 is 4.74 Å². The van der Waals surface area contributed by atoms with Crippen LogP contribution in [0.3, 0.4) is 0 Å². The van der Waals surface area contributed by atoms with Crippen LogP contribution in [0.25, 0.3) is 0 Å². The van der Waals surface area contributed by atoms with Gasteiger partial charge in [-0.2, -0.15) is 0 Å². The van der Waals surface area contributed by atoms with E-state index in [0.29, 0.717) is 4.47 Å². The number of hydrogen-bond donors (Lipinski definition) is 0. The summed E-state index contributed by atoms with van der Waals surface area (Å²) in [5, 5.41) is 0. The summed E-state index contributed by atoms with van der Waals surface area (Å²) in [6.45, 7) is 0. The predicted molar refractivity (Wildman–Crippen MR) is 45.7 cm³/mol. The van der Waals surface area contributed by atoms with E-state index < -0.39 is 6.43 Å². The summed E-state index contributed by atoms with van der Waals surface area (Å²) < 4.78 is 30.0. The molecule has 0 spiro atoms. The monoisotopic (exact) mass is 236 g/mol. The van der Waals surface area contributed by atoms with Crippen LogP contribution in [0.15, 0.2) is 22.7 Å². The molecule has 0 heterocycles. The number of alkyl halides is 2. The Morgan fingerprint density at radius 1 is 1.42 bits per heavy atom. The fraction of sp³-hybridized carbons (Fsp3) is 0.250. The molecule has 0 fully saturated rings. The lowest BCUT2D eigenvalue weighted by molar-refractivity contribution is 0.147. The zero-order chi connectivity index (χ0) is 9.14. The zero-order valence-electron chi connectivity index (χ0n) is 6.35. The number of benzene rings is 1. The first-order valence-electron chi connectivity index (χ1n) is 3.26. The highest BCUT2D eigenvalue weighted by Crippen LogP contribution is 2.31. The molecule has 0 aliphatic heterocycles. The van der Waals surface area contributed by atoms with Crippen LogP contribution in [0, 0.1) is 0 Å². The Morgan fingerprint density at radius 2 is 2.08 bits per heavy atom. The van der Waals surface area contributed by atoms with Crippen molar-refractivity contribution in [2.75, 3.05) is 7.11 Å². The van der Waals surface area contributed by atoms with Crippen molar-refractivity contribution in [2.45, 2.75) is 6.43 Å². The van der Waals surface area contributed by atoms with E-state index in [4.69, 9.17) is 4.74 Å². The molecule has 0 atom stereocenters. The number of halogens is 3. The van der Waals surface area contributed by atoms with Gasteiger partial charge in [0.15, 0.2) is 0 Å². The Balaban J connectivity index is 3.12. The maximum absolute atomic E-state index is 12.3. The molecule has 0 saturated carbocycles. The predicted octanol–water partition coefficient (Wildman–Crippen LogP) is 3.40. The van der Waals surface area contributed by atoms with Crippen LogP contribution in [0.1, 0.15) is 12.0 Å². The SMILES string of the molecule is COc1ccc(Br)cc1C(F)F. The fourth-order valence-electron chi connectivity index (χ4n) is 0.876. The molecule has 0 aromatic heterocycles. The largest absolute Gasteiger partial charge is 0.496 e. The van der Waals surface area contributed by atoms with E-state index in [1.165, 1.54) is 19.2 Å². The molecule has 4 heteroatoms. The molecular formula is C8H7BrF2O. The van der Waals surface area contributed by atoms with Crippen molar-refractivity contribution < 1.29 is 13.5 Å². The Morgan fingerprint density at radius 3 is 2.58 bits per heavy atom. The van der Waals surface area contributed by atoms with E-state index in [1.54, 1.807) is 6.07 Å². The molecule has 0 bridgehead atoms. The second-order valence-electron chi connectivity index (χ2n) is 2.19. The van der Waals surface area contributed by atoms with Crippen LogP contribution in [0.2, 0.25) is 0 Å². The molecular weight excluding hydrogens is 230 g/mol. The average Bonchev–Trinajstić information content (AvgIpc) is 2.04. The average molecular weight is 237 g/mol. The summed E-state index contributed by atoms with van der Waals surface area (Å²) in [5.74, 6) is 0.216. The smallest absolute Gasteiger partial charge is 0.267 e. The molecule has 66 valence electrons. The van der Waals surface area contributed by atoms with Gasteiger partial charge in [-0.05, 0) is 18.2 Å². The van der Waals surface area contributed by atoms with Crippen molar-refractivity contribution in [3.05, 3.63) is 28.2 Å². The van der Waals surface area contributed by atoms with Gasteiger partial charge in [-0.1, -0.05) is 15.9 Å². The summed E-state index contributed by atoms with van der Waals surface area (Å²) in [6.07, 6.45) is -2.50.